The van der Waals surface area contributed by atoms with E-state index in [-0.39, 0.29) is 24.2 Å². The van der Waals surface area contributed by atoms with Crippen molar-refractivity contribution in [2.75, 3.05) is 0 Å². The molecule has 0 aromatic heterocycles. The van der Waals surface area contributed by atoms with Gasteiger partial charge in [-0.15, -0.1) is 0 Å². The van der Waals surface area contributed by atoms with Crippen LogP contribution in [0.5, 0.6) is 0 Å². The Kier molecular flexibility index (Phi) is 4.12. The van der Waals surface area contributed by atoms with Crippen molar-refractivity contribution in [1.82, 2.24) is 0 Å². The standard InChI is InChI=1S/C16H26O4/c1-15(2,3)20-14(19)10-16(9-13(17)18)8-11-6-4-5-7-12(11)16/h11-12H,4-10H2,1-3H3,(H,17,18)/t11-,12-,16+/m0/s1. The predicted octanol–water partition coefficient (Wildman–Crippen LogP) is 3.39. The molecule has 2 aliphatic carbocycles. The SMILES string of the molecule is CC(C)(C)OC(=O)C[C@]1(CC(=O)O)C[C@@H]2CCCC[C@@H]21. The number of carbonyl (C=O) groups excluding carboxylic acids is 1. The van der Waals surface area contributed by atoms with Gasteiger partial charge in [0.2, 0.25) is 0 Å². The molecule has 0 aromatic rings. The summed E-state index contributed by atoms with van der Waals surface area (Å²) in [5.74, 6) is -0.00855. The van der Waals surface area contributed by atoms with Crippen molar-refractivity contribution in [1.29, 1.82) is 0 Å². The second kappa shape index (κ2) is 5.38. The molecule has 114 valence electrons. The molecule has 3 atom stereocenters. The minimum Gasteiger partial charge on any atom is -0.481 e. The van der Waals surface area contributed by atoms with E-state index in [1.165, 1.54) is 12.8 Å². The van der Waals surface area contributed by atoms with Crippen LogP contribution in [0.25, 0.3) is 0 Å². The molecule has 0 aromatic carbocycles. The Hall–Kier alpha value is -1.06. The second-order valence-corrected chi connectivity index (χ2v) is 7.55. The molecule has 0 amide bonds. The number of carbonyl (C=O) groups is 2. The summed E-state index contributed by atoms with van der Waals surface area (Å²) in [4.78, 5) is 23.3. The molecule has 0 bridgehead atoms. The quantitative estimate of drug-likeness (QED) is 0.803. The maximum atomic E-state index is 12.1. The molecule has 2 saturated carbocycles. The van der Waals surface area contributed by atoms with E-state index in [0.717, 1.165) is 19.3 Å². The molecule has 0 heterocycles. The van der Waals surface area contributed by atoms with Gasteiger partial charge in [0, 0.05) is 0 Å². The Morgan fingerprint density at radius 1 is 1.20 bits per heavy atom. The van der Waals surface area contributed by atoms with Crippen molar-refractivity contribution in [2.45, 2.75) is 71.3 Å². The number of rotatable bonds is 4. The van der Waals surface area contributed by atoms with E-state index < -0.39 is 11.6 Å². The highest BCUT2D eigenvalue weighted by molar-refractivity contribution is 5.74. The van der Waals surface area contributed by atoms with Gasteiger partial charge in [-0.25, -0.2) is 0 Å². The summed E-state index contributed by atoms with van der Waals surface area (Å²) in [5, 5.41) is 9.20. The number of carboxylic acid groups (broad SMARTS) is 1. The first kappa shape index (κ1) is 15.3. The molecule has 0 spiro atoms. The van der Waals surface area contributed by atoms with Gasteiger partial charge in [0.25, 0.3) is 0 Å². The van der Waals surface area contributed by atoms with Crippen LogP contribution in [0.4, 0.5) is 0 Å². The summed E-state index contributed by atoms with van der Waals surface area (Å²) in [6.45, 7) is 5.54. The summed E-state index contributed by atoms with van der Waals surface area (Å²) in [5.41, 5.74) is -0.851. The van der Waals surface area contributed by atoms with E-state index in [9.17, 15) is 14.7 Å². The Labute approximate surface area is 120 Å². The van der Waals surface area contributed by atoms with Crippen molar-refractivity contribution in [3.05, 3.63) is 0 Å². The van der Waals surface area contributed by atoms with Crippen LogP contribution in [0.15, 0.2) is 0 Å². The minimum atomic E-state index is -0.794. The van der Waals surface area contributed by atoms with Crippen LogP contribution in [0.3, 0.4) is 0 Å². The van der Waals surface area contributed by atoms with E-state index in [2.05, 4.69) is 0 Å². The first-order chi connectivity index (χ1) is 9.22. The van der Waals surface area contributed by atoms with Gasteiger partial charge < -0.3 is 9.84 Å². The van der Waals surface area contributed by atoms with Gasteiger partial charge in [-0.05, 0) is 50.9 Å². The average molecular weight is 282 g/mol. The van der Waals surface area contributed by atoms with Crippen LogP contribution in [0.2, 0.25) is 0 Å². The van der Waals surface area contributed by atoms with Gasteiger partial charge in [-0.1, -0.05) is 19.3 Å². The molecule has 2 rings (SSSR count). The lowest BCUT2D eigenvalue weighted by Crippen LogP contribution is -2.52. The Bertz CT molecular complexity index is 396. The average Bonchev–Trinajstić information content (AvgIpc) is 2.24. The number of carboxylic acids is 1. The van der Waals surface area contributed by atoms with Gasteiger partial charge in [0.05, 0.1) is 12.8 Å². The first-order valence-electron chi connectivity index (χ1n) is 7.65. The maximum Gasteiger partial charge on any atom is 0.306 e. The Balaban J connectivity index is 2.05. The largest absolute Gasteiger partial charge is 0.481 e. The highest BCUT2D eigenvalue weighted by Crippen LogP contribution is 2.61. The topological polar surface area (TPSA) is 63.6 Å². The molecular weight excluding hydrogens is 256 g/mol. The number of fused-ring (bicyclic) bond motifs is 1. The van der Waals surface area contributed by atoms with Gasteiger partial charge in [0.1, 0.15) is 5.60 Å². The van der Waals surface area contributed by atoms with Gasteiger partial charge in [0.15, 0.2) is 0 Å². The maximum absolute atomic E-state index is 12.1. The van der Waals surface area contributed by atoms with Crippen molar-refractivity contribution in [3.63, 3.8) is 0 Å². The molecule has 2 fully saturated rings. The molecule has 2 aliphatic rings. The molecule has 0 saturated heterocycles. The lowest BCUT2D eigenvalue weighted by Gasteiger charge is -2.57. The fraction of sp³-hybridized carbons (Fsp3) is 0.875. The fourth-order valence-corrected chi connectivity index (χ4v) is 4.21. The zero-order chi connectivity index (χ0) is 15.0. The Morgan fingerprint density at radius 3 is 2.40 bits per heavy atom. The van der Waals surface area contributed by atoms with Crippen molar-refractivity contribution < 1.29 is 19.4 Å². The van der Waals surface area contributed by atoms with Gasteiger partial charge in [-0.2, -0.15) is 0 Å². The number of hydrogen-bond donors (Lipinski definition) is 1. The molecule has 20 heavy (non-hydrogen) atoms. The van der Waals surface area contributed by atoms with Crippen LogP contribution in [0.1, 0.15) is 65.7 Å². The van der Waals surface area contributed by atoms with E-state index in [1.807, 2.05) is 20.8 Å². The van der Waals surface area contributed by atoms with Crippen molar-refractivity contribution in [3.8, 4) is 0 Å². The summed E-state index contributed by atoms with van der Waals surface area (Å²) < 4.78 is 5.40. The molecular formula is C16H26O4. The molecule has 0 radical (unpaired) electrons. The molecule has 1 N–H and O–H groups in total. The number of esters is 1. The van der Waals surface area contributed by atoms with Crippen LogP contribution in [-0.4, -0.2) is 22.6 Å². The normalized spacial score (nSPS) is 33.0. The smallest absolute Gasteiger partial charge is 0.306 e. The molecule has 4 nitrogen and oxygen atoms in total. The fourth-order valence-electron chi connectivity index (χ4n) is 4.21. The van der Waals surface area contributed by atoms with Crippen LogP contribution in [0, 0.1) is 17.3 Å². The predicted molar refractivity (Wildman–Crippen MR) is 75.2 cm³/mol. The zero-order valence-electron chi connectivity index (χ0n) is 12.8. The van der Waals surface area contributed by atoms with Crippen LogP contribution in [-0.2, 0) is 14.3 Å². The van der Waals surface area contributed by atoms with E-state index >= 15 is 0 Å². The monoisotopic (exact) mass is 282 g/mol. The first-order valence-corrected chi connectivity index (χ1v) is 7.65. The van der Waals surface area contributed by atoms with E-state index in [4.69, 9.17) is 4.74 Å². The highest BCUT2D eigenvalue weighted by Gasteiger charge is 2.55. The third-order valence-corrected chi connectivity index (χ3v) is 4.78. The number of ether oxygens (including phenoxy) is 1. The summed E-state index contributed by atoms with van der Waals surface area (Å²) in [6, 6.07) is 0. The highest BCUT2D eigenvalue weighted by atomic mass is 16.6. The number of hydrogen-bond acceptors (Lipinski definition) is 3. The second-order valence-electron chi connectivity index (χ2n) is 7.55. The van der Waals surface area contributed by atoms with Crippen LogP contribution >= 0.6 is 0 Å². The van der Waals surface area contributed by atoms with Crippen molar-refractivity contribution >= 4 is 11.9 Å². The third-order valence-electron chi connectivity index (χ3n) is 4.78. The van der Waals surface area contributed by atoms with Gasteiger partial charge in [-0.3, -0.25) is 9.59 Å². The molecule has 4 heteroatoms. The summed E-state index contributed by atoms with van der Waals surface area (Å²) >= 11 is 0. The summed E-state index contributed by atoms with van der Waals surface area (Å²) in [7, 11) is 0. The lowest BCUT2D eigenvalue weighted by molar-refractivity contribution is -0.170. The lowest BCUT2D eigenvalue weighted by atomic mass is 9.47. The number of aliphatic carboxylic acids is 1. The van der Waals surface area contributed by atoms with E-state index in [0.29, 0.717) is 11.8 Å². The zero-order valence-corrected chi connectivity index (χ0v) is 12.8. The minimum absolute atomic E-state index is 0.105. The van der Waals surface area contributed by atoms with Gasteiger partial charge >= 0.3 is 11.9 Å². The molecule has 0 aliphatic heterocycles. The van der Waals surface area contributed by atoms with Crippen molar-refractivity contribution in [2.24, 2.45) is 17.3 Å². The molecule has 0 unspecified atom stereocenters. The third kappa shape index (κ3) is 3.33. The summed E-state index contributed by atoms with van der Waals surface area (Å²) in [6.07, 6.45) is 5.92. The van der Waals surface area contributed by atoms with E-state index in [1.54, 1.807) is 0 Å². The Morgan fingerprint density at radius 2 is 1.85 bits per heavy atom. The van der Waals surface area contributed by atoms with Crippen LogP contribution < -0.4 is 0 Å².